The van der Waals surface area contributed by atoms with E-state index in [2.05, 4.69) is 0 Å². The molecule has 4 atom stereocenters. The van der Waals surface area contributed by atoms with Gasteiger partial charge in [-0.25, -0.2) is 0 Å². The number of aliphatic hydroxyl groups excluding tert-OH is 2. The van der Waals surface area contributed by atoms with Crippen LogP contribution in [0.3, 0.4) is 0 Å². The maximum absolute atomic E-state index is 11.8. The minimum Gasteiger partial charge on any atom is -0.427 e. The quantitative estimate of drug-likeness (QED) is 0.599. The highest BCUT2D eigenvalue weighted by Gasteiger charge is 2.49. The highest BCUT2D eigenvalue weighted by Crippen LogP contribution is 2.45. The number of esters is 2. The van der Waals surface area contributed by atoms with Gasteiger partial charge in [-0.15, -0.1) is 0 Å². The molecule has 3 unspecified atom stereocenters. The van der Waals surface area contributed by atoms with Crippen molar-refractivity contribution in [2.45, 2.75) is 66.0 Å². The smallest absolute Gasteiger partial charge is 0.308 e. The van der Waals surface area contributed by atoms with E-state index in [4.69, 9.17) is 18.9 Å². The summed E-state index contributed by atoms with van der Waals surface area (Å²) in [6.07, 6.45) is 4.22. The Morgan fingerprint density at radius 2 is 1.77 bits per heavy atom. The molecule has 168 valence electrons. The van der Waals surface area contributed by atoms with Crippen LogP contribution in [0.25, 0.3) is 0 Å². The highest BCUT2D eigenvalue weighted by atomic mass is 16.7. The van der Waals surface area contributed by atoms with Gasteiger partial charge in [-0.1, -0.05) is 39.0 Å². The highest BCUT2D eigenvalue weighted by molar-refractivity contribution is 5.69. The van der Waals surface area contributed by atoms with E-state index in [1.165, 1.54) is 13.8 Å². The summed E-state index contributed by atoms with van der Waals surface area (Å²) in [6, 6.07) is 0. The van der Waals surface area contributed by atoms with E-state index in [0.717, 1.165) is 0 Å². The first kappa shape index (κ1) is 24.3. The van der Waals surface area contributed by atoms with E-state index in [0.29, 0.717) is 12.0 Å². The molecular formula is C22H32O8. The molecule has 0 aromatic carbocycles. The van der Waals surface area contributed by atoms with Crippen LogP contribution < -0.4 is 0 Å². The van der Waals surface area contributed by atoms with Gasteiger partial charge in [0.15, 0.2) is 5.76 Å². The van der Waals surface area contributed by atoms with Gasteiger partial charge in [0, 0.05) is 19.8 Å². The van der Waals surface area contributed by atoms with Gasteiger partial charge in [-0.3, -0.25) is 9.59 Å². The van der Waals surface area contributed by atoms with Crippen molar-refractivity contribution in [2.75, 3.05) is 13.2 Å². The van der Waals surface area contributed by atoms with E-state index < -0.39 is 35.2 Å². The minimum atomic E-state index is -1.14. The van der Waals surface area contributed by atoms with Crippen LogP contribution in [0.5, 0.6) is 0 Å². The van der Waals surface area contributed by atoms with E-state index in [9.17, 15) is 19.8 Å². The third kappa shape index (κ3) is 5.00. The van der Waals surface area contributed by atoms with E-state index >= 15 is 0 Å². The van der Waals surface area contributed by atoms with Gasteiger partial charge in [0.25, 0.3) is 0 Å². The van der Waals surface area contributed by atoms with Crippen LogP contribution in [-0.4, -0.2) is 53.4 Å². The maximum Gasteiger partial charge on any atom is 0.308 e. The number of hydrogen-bond acceptors (Lipinski definition) is 8. The molecule has 0 radical (unpaired) electrons. The van der Waals surface area contributed by atoms with Crippen LogP contribution >= 0.6 is 0 Å². The van der Waals surface area contributed by atoms with Crippen molar-refractivity contribution in [3.05, 3.63) is 35.3 Å². The predicted molar refractivity (Wildman–Crippen MR) is 108 cm³/mol. The molecule has 8 nitrogen and oxygen atoms in total. The number of carbonyl (C=O) groups is 2. The number of hydrogen-bond donors (Lipinski definition) is 2. The van der Waals surface area contributed by atoms with Crippen molar-refractivity contribution in [1.82, 2.24) is 0 Å². The monoisotopic (exact) mass is 424 g/mol. The van der Waals surface area contributed by atoms with Gasteiger partial charge in [-0.05, 0) is 18.9 Å². The SMILES string of the molecule is CCC1O[C@@H](OC2(C)C=CC(CO)=CC2CO)C(OC(C)=O)=C(OC(C)=O)C1(C)C. The summed E-state index contributed by atoms with van der Waals surface area (Å²) in [4.78, 5) is 23.6. The van der Waals surface area contributed by atoms with E-state index in [-0.39, 0.29) is 30.8 Å². The second kappa shape index (κ2) is 9.43. The van der Waals surface area contributed by atoms with E-state index in [1.807, 2.05) is 20.8 Å². The molecule has 1 heterocycles. The van der Waals surface area contributed by atoms with Crippen LogP contribution in [0.4, 0.5) is 0 Å². The summed E-state index contributed by atoms with van der Waals surface area (Å²) in [5.74, 6) is -1.47. The van der Waals surface area contributed by atoms with Gasteiger partial charge in [0.1, 0.15) is 0 Å². The fourth-order valence-corrected chi connectivity index (χ4v) is 3.79. The molecule has 8 heteroatoms. The zero-order valence-corrected chi connectivity index (χ0v) is 18.4. The van der Waals surface area contributed by atoms with Gasteiger partial charge in [0.05, 0.1) is 30.3 Å². The molecule has 2 rings (SSSR count). The van der Waals surface area contributed by atoms with Gasteiger partial charge >= 0.3 is 11.9 Å². The lowest BCUT2D eigenvalue weighted by atomic mass is 9.80. The van der Waals surface area contributed by atoms with Crippen molar-refractivity contribution in [2.24, 2.45) is 11.3 Å². The summed E-state index contributed by atoms with van der Waals surface area (Å²) < 4.78 is 23.3. The molecule has 0 bridgehead atoms. The number of carbonyl (C=O) groups excluding carboxylic acids is 2. The van der Waals surface area contributed by atoms with Crippen LogP contribution in [0, 0.1) is 11.3 Å². The summed E-state index contributed by atoms with van der Waals surface area (Å²) >= 11 is 0. The van der Waals surface area contributed by atoms with Crippen LogP contribution in [0.15, 0.2) is 35.3 Å². The summed E-state index contributed by atoms with van der Waals surface area (Å²) in [5.41, 5.74) is -1.12. The van der Waals surface area contributed by atoms with Crippen LogP contribution in [-0.2, 0) is 28.5 Å². The maximum atomic E-state index is 11.8. The molecule has 30 heavy (non-hydrogen) atoms. The first-order chi connectivity index (χ1) is 14.0. The molecule has 0 saturated carbocycles. The molecule has 0 fully saturated rings. The van der Waals surface area contributed by atoms with Crippen molar-refractivity contribution < 1.29 is 38.7 Å². The van der Waals surface area contributed by atoms with Crippen molar-refractivity contribution in [3.8, 4) is 0 Å². The lowest BCUT2D eigenvalue weighted by Crippen LogP contribution is -2.50. The molecule has 0 amide bonds. The number of rotatable bonds is 7. The first-order valence-corrected chi connectivity index (χ1v) is 10.0. The van der Waals surface area contributed by atoms with Crippen molar-refractivity contribution in [1.29, 1.82) is 0 Å². The van der Waals surface area contributed by atoms with Crippen LogP contribution in [0.2, 0.25) is 0 Å². The Morgan fingerprint density at radius 3 is 2.27 bits per heavy atom. The molecule has 2 aliphatic rings. The Balaban J connectivity index is 2.52. The largest absolute Gasteiger partial charge is 0.427 e. The zero-order chi connectivity index (χ0) is 22.7. The Morgan fingerprint density at radius 1 is 1.13 bits per heavy atom. The third-order valence-corrected chi connectivity index (χ3v) is 5.51. The molecule has 0 saturated heterocycles. The summed E-state index contributed by atoms with van der Waals surface area (Å²) in [6.45, 7) is 9.49. The molecule has 0 spiro atoms. The van der Waals surface area contributed by atoms with Gasteiger partial charge < -0.3 is 29.2 Å². The average Bonchev–Trinajstić information content (AvgIpc) is 2.66. The van der Waals surface area contributed by atoms with Crippen molar-refractivity contribution in [3.63, 3.8) is 0 Å². The lowest BCUT2D eigenvalue weighted by Gasteiger charge is -2.45. The second-order valence-corrected chi connectivity index (χ2v) is 8.29. The Kier molecular flexibility index (Phi) is 7.63. The topological polar surface area (TPSA) is 112 Å². The Hall–Kier alpha value is -2.00. The Labute approximate surface area is 177 Å². The third-order valence-electron chi connectivity index (χ3n) is 5.51. The lowest BCUT2D eigenvalue weighted by molar-refractivity contribution is -0.249. The minimum absolute atomic E-state index is 0.0179. The Bertz CT molecular complexity index is 763. The summed E-state index contributed by atoms with van der Waals surface area (Å²) in [7, 11) is 0. The molecule has 0 aromatic heterocycles. The normalized spacial score (nSPS) is 30.7. The number of ether oxygens (including phenoxy) is 4. The van der Waals surface area contributed by atoms with E-state index in [1.54, 1.807) is 25.2 Å². The predicted octanol–water partition coefficient (Wildman–Crippen LogP) is 2.36. The standard InChI is InChI=1S/C22H32O8/c1-7-17-21(4,5)19(28-14(3)26)18(27-13(2)25)20(29-17)30-22(6)9-8-15(11-23)10-16(22)12-24/h8-10,16-17,20,23-24H,7,11-12H2,1-6H3/t16?,17?,20-,22?/m0/s1. The molecular weight excluding hydrogens is 392 g/mol. The molecule has 2 N–H and O–H groups in total. The molecule has 1 aliphatic heterocycles. The average molecular weight is 424 g/mol. The fraction of sp³-hybridized carbons (Fsp3) is 0.636. The molecule has 0 aromatic rings. The second-order valence-electron chi connectivity index (χ2n) is 8.29. The zero-order valence-electron chi connectivity index (χ0n) is 18.4. The first-order valence-electron chi connectivity index (χ1n) is 10.0. The van der Waals surface area contributed by atoms with Crippen molar-refractivity contribution >= 4 is 11.9 Å². The fourth-order valence-electron chi connectivity index (χ4n) is 3.79. The summed E-state index contributed by atoms with van der Waals surface area (Å²) in [5, 5.41) is 19.3. The van der Waals surface area contributed by atoms with Gasteiger partial charge in [-0.2, -0.15) is 0 Å². The number of aliphatic hydroxyl groups is 2. The van der Waals surface area contributed by atoms with Crippen LogP contribution in [0.1, 0.15) is 48.0 Å². The molecule has 1 aliphatic carbocycles. The van der Waals surface area contributed by atoms with Gasteiger partial charge in [0.2, 0.25) is 12.0 Å².